The molecule has 1 aromatic heterocycles. The second-order valence-electron chi connectivity index (χ2n) is 4.48. The van der Waals surface area contributed by atoms with Gasteiger partial charge in [-0.15, -0.1) is 0 Å². The van der Waals surface area contributed by atoms with Crippen LogP contribution in [0.5, 0.6) is 11.8 Å². The molecule has 0 radical (unpaired) electrons. The largest absolute Gasteiger partial charge is 0.490 e. The molecule has 0 saturated heterocycles. The molecular weight excluding hydrogens is 262 g/mol. The van der Waals surface area contributed by atoms with E-state index >= 15 is 0 Å². The average molecular weight is 275 g/mol. The lowest BCUT2D eigenvalue weighted by atomic mass is 10.2. The summed E-state index contributed by atoms with van der Waals surface area (Å²) in [7, 11) is 0. The van der Waals surface area contributed by atoms with Crippen molar-refractivity contribution in [2.24, 2.45) is 0 Å². The van der Waals surface area contributed by atoms with E-state index in [9.17, 15) is 10.1 Å². The lowest BCUT2D eigenvalue weighted by Gasteiger charge is -2.22. The summed E-state index contributed by atoms with van der Waals surface area (Å²) in [5, 5.41) is 10.7. The number of nitro groups is 1. The fraction of sp³-hybridized carbons (Fsp3) is 0.308. The van der Waals surface area contributed by atoms with Gasteiger partial charge in [0.1, 0.15) is 24.7 Å². The SMILES string of the molecule is O=[N+]([O-])c1cn2c(n1)O[C@H](COc1ccccc1)CC2. The number of imidazole rings is 1. The molecule has 20 heavy (non-hydrogen) atoms. The first-order chi connectivity index (χ1) is 9.72. The topological polar surface area (TPSA) is 79.4 Å². The van der Waals surface area contributed by atoms with Crippen LogP contribution in [0.4, 0.5) is 5.82 Å². The number of hydrogen-bond donors (Lipinski definition) is 0. The zero-order chi connectivity index (χ0) is 13.9. The van der Waals surface area contributed by atoms with Crippen LogP contribution in [0.2, 0.25) is 0 Å². The highest BCUT2D eigenvalue weighted by Gasteiger charge is 2.28. The molecule has 0 N–H and O–H groups in total. The van der Waals surface area contributed by atoms with Crippen molar-refractivity contribution in [2.75, 3.05) is 6.61 Å². The molecule has 0 unspecified atom stereocenters. The average Bonchev–Trinajstić information content (AvgIpc) is 2.89. The summed E-state index contributed by atoms with van der Waals surface area (Å²) in [4.78, 5) is 14.0. The lowest BCUT2D eigenvalue weighted by molar-refractivity contribution is -0.389. The molecule has 0 aliphatic carbocycles. The molecule has 2 aromatic rings. The number of benzene rings is 1. The Balaban J connectivity index is 1.62. The van der Waals surface area contributed by atoms with Crippen LogP contribution in [0.15, 0.2) is 36.5 Å². The van der Waals surface area contributed by atoms with E-state index in [4.69, 9.17) is 9.47 Å². The van der Waals surface area contributed by atoms with Crippen molar-refractivity contribution in [3.8, 4) is 11.8 Å². The smallest absolute Gasteiger partial charge is 0.414 e. The number of fused-ring (bicyclic) bond motifs is 1. The highest BCUT2D eigenvalue weighted by Crippen LogP contribution is 2.24. The maximum absolute atomic E-state index is 10.7. The van der Waals surface area contributed by atoms with Crippen LogP contribution in [0.3, 0.4) is 0 Å². The van der Waals surface area contributed by atoms with Crippen molar-refractivity contribution in [3.05, 3.63) is 46.6 Å². The third-order valence-corrected chi connectivity index (χ3v) is 3.06. The summed E-state index contributed by atoms with van der Waals surface area (Å²) in [6.07, 6.45) is 1.97. The Hall–Kier alpha value is -2.57. The van der Waals surface area contributed by atoms with E-state index in [-0.39, 0.29) is 17.9 Å². The Labute approximate surface area is 114 Å². The maximum Gasteiger partial charge on any atom is 0.414 e. The second kappa shape index (κ2) is 5.20. The minimum atomic E-state index is -0.524. The van der Waals surface area contributed by atoms with E-state index < -0.39 is 4.92 Å². The Kier molecular flexibility index (Phi) is 3.24. The van der Waals surface area contributed by atoms with Gasteiger partial charge >= 0.3 is 11.8 Å². The van der Waals surface area contributed by atoms with E-state index in [1.54, 1.807) is 4.57 Å². The highest BCUT2D eigenvalue weighted by molar-refractivity contribution is 5.22. The zero-order valence-corrected chi connectivity index (χ0v) is 10.6. The van der Waals surface area contributed by atoms with Crippen LogP contribution >= 0.6 is 0 Å². The van der Waals surface area contributed by atoms with Gasteiger partial charge in [0, 0.05) is 17.9 Å². The molecule has 0 bridgehead atoms. The van der Waals surface area contributed by atoms with Crippen LogP contribution in [-0.2, 0) is 6.54 Å². The van der Waals surface area contributed by atoms with Gasteiger partial charge in [-0.2, -0.15) is 0 Å². The molecular formula is C13H13N3O4. The third kappa shape index (κ3) is 2.56. The van der Waals surface area contributed by atoms with E-state index in [0.717, 1.165) is 12.2 Å². The van der Waals surface area contributed by atoms with Crippen molar-refractivity contribution in [2.45, 2.75) is 19.1 Å². The fourth-order valence-electron chi connectivity index (χ4n) is 2.04. The minimum absolute atomic E-state index is 0.148. The number of nitrogens with zero attached hydrogens (tertiary/aromatic N) is 3. The summed E-state index contributed by atoms with van der Waals surface area (Å²) < 4.78 is 12.9. The van der Waals surface area contributed by atoms with Gasteiger partial charge in [0.15, 0.2) is 0 Å². The van der Waals surface area contributed by atoms with Crippen LogP contribution in [0.1, 0.15) is 6.42 Å². The van der Waals surface area contributed by atoms with Gasteiger partial charge in [0.2, 0.25) is 0 Å². The van der Waals surface area contributed by atoms with Crippen LogP contribution in [-0.4, -0.2) is 27.2 Å². The molecule has 3 rings (SSSR count). The molecule has 1 atom stereocenters. The predicted molar refractivity (Wildman–Crippen MR) is 69.9 cm³/mol. The molecule has 0 spiro atoms. The van der Waals surface area contributed by atoms with E-state index in [1.165, 1.54) is 6.20 Å². The predicted octanol–water partition coefficient (Wildman–Crippen LogP) is 2.02. The Morgan fingerprint density at radius 1 is 1.45 bits per heavy atom. The van der Waals surface area contributed by atoms with Gasteiger partial charge in [0.05, 0.1) is 0 Å². The number of ether oxygens (including phenoxy) is 2. The van der Waals surface area contributed by atoms with Gasteiger partial charge in [0.25, 0.3) is 0 Å². The number of aromatic nitrogens is 2. The van der Waals surface area contributed by atoms with Crippen molar-refractivity contribution in [3.63, 3.8) is 0 Å². The monoisotopic (exact) mass is 275 g/mol. The van der Waals surface area contributed by atoms with Crippen LogP contribution in [0, 0.1) is 10.1 Å². The van der Waals surface area contributed by atoms with Gasteiger partial charge in [-0.3, -0.25) is 4.57 Å². The standard InChI is InChI=1S/C13H13N3O4/c17-16(18)12-8-15-7-6-11(20-13(15)14-12)9-19-10-4-2-1-3-5-10/h1-5,8,11H,6-7,9H2/t11-/m0/s1. The van der Waals surface area contributed by atoms with Crippen LogP contribution in [0.25, 0.3) is 0 Å². The van der Waals surface area contributed by atoms with E-state index in [0.29, 0.717) is 13.2 Å². The molecule has 1 aliphatic rings. The molecule has 2 heterocycles. The van der Waals surface area contributed by atoms with Gasteiger partial charge < -0.3 is 19.6 Å². The Morgan fingerprint density at radius 2 is 2.25 bits per heavy atom. The molecule has 0 fully saturated rings. The maximum atomic E-state index is 10.7. The Bertz CT molecular complexity index is 611. The van der Waals surface area contributed by atoms with E-state index in [2.05, 4.69) is 4.98 Å². The molecule has 7 heteroatoms. The van der Waals surface area contributed by atoms with E-state index in [1.807, 2.05) is 30.3 Å². The fourth-order valence-corrected chi connectivity index (χ4v) is 2.04. The first kappa shape index (κ1) is 12.5. The summed E-state index contributed by atoms with van der Waals surface area (Å²) >= 11 is 0. The van der Waals surface area contributed by atoms with Crippen molar-refractivity contribution in [1.29, 1.82) is 0 Å². The summed E-state index contributed by atoms with van der Waals surface area (Å²) in [6, 6.07) is 9.73. The number of hydrogen-bond acceptors (Lipinski definition) is 5. The molecule has 1 aliphatic heterocycles. The summed E-state index contributed by atoms with van der Waals surface area (Å²) in [5.41, 5.74) is 0. The van der Waals surface area contributed by atoms with Crippen LogP contribution < -0.4 is 9.47 Å². The zero-order valence-electron chi connectivity index (χ0n) is 10.6. The molecule has 7 nitrogen and oxygen atoms in total. The minimum Gasteiger partial charge on any atom is -0.490 e. The molecule has 1 aromatic carbocycles. The molecule has 0 amide bonds. The van der Waals surface area contributed by atoms with Crippen molar-refractivity contribution in [1.82, 2.24) is 9.55 Å². The van der Waals surface area contributed by atoms with Gasteiger partial charge in [-0.05, 0) is 17.1 Å². The quantitative estimate of drug-likeness (QED) is 0.630. The lowest BCUT2D eigenvalue weighted by Crippen LogP contribution is -2.31. The molecule has 104 valence electrons. The summed E-state index contributed by atoms with van der Waals surface area (Å²) in [5.74, 6) is 0.584. The first-order valence-electron chi connectivity index (χ1n) is 6.28. The third-order valence-electron chi connectivity index (χ3n) is 3.06. The number of rotatable bonds is 4. The second-order valence-corrected chi connectivity index (χ2v) is 4.48. The first-order valence-corrected chi connectivity index (χ1v) is 6.28. The summed E-state index contributed by atoms with van der Waals surface area (Å²) in [6.45, 7) is 1.03. The Morgan fingerprint density at radius 3 is 3.00 bits per heavy atom. The molecule has 0 saturated carbocycles. The van der Waals surface area contributed by atoms with Gasteiger partial charge in [-0.1, -0.05) is 18.2 Å². The van der Waals surface area contributed by atoms with Crippen molar-refractivity contribution >= 4 is 5.82 Å². The van der Waals surface area contributed by atoms with Gasteiger partial charge in [-0.25, -0.2) is 0 Å². The number of aryl methyl sites for hydroxylation is 1. The van der Waals surface area contributed by atoms with Crippen molar-refractivity contribution < 1.29 is 14.4 Å². The highest BCUT2D eigenvalue weighted by atomic mass is 16.6. The normalized spacial score (nSPS) is 17.1. The number of para-hydroxylation sites is 1.